The van der Waals surface area contributed by atoms with E-state index < -0.39 is 23.3 Å². The van der Waals surface area contributed by atoms with E-state index in [4.69, 9.17) is 32.7 Å². The van der Waals surface area contributed by atoms with Crippen LogP contribution in [0, 0.1) is 5.92 Å². The third-order valence-corrected chi connectivity index (χ3v) is 5.42. The molecule has 0 saturated heterocycles. The van der Waals surface area contributed by atoms with Crippen LogP contribution in [0.25, 0.3) is 0 Å². The van der Waals surface area contributed by atoms with Gasteiger partial charge in [0.15, 0.2) is 0 Å². The second-order valence-electron chi connectivity index (χ2n) is 7.22. The number of aromatic nitrogens is 3. The normalized spacial score (nSPS) is 11.7. The molecule has 0 unspecified atom stereocenters. The summed E-state index contributed by atoms with van der Waals surface area (Å²) in [6.45, 7) is 1.49. The van der Waals surface area contributed by atoms with Crippen molar-refractivity contribution >= 4 is 40.8 Å². The first-order chi connectivity index (χ1) is 15.7. The molecule has 0 radical (unpaired) electrons. The van der Waals surface area contributed by atoms with Crippen LogP contribution < -0.4 is 21.4 Å². The maximum atomic E-state index is 13.3. The number of anilines is 2. The Labute approximate surface area is 199 Å². The second-order valence-corrected chi connectivity index (χ2v) is 8.07. The second kappa shape index (κ2) is 10.5. The summed E-state index contributed by atoms with van der Waals surface area (Å²) in [5, 5.41) is 3.86. The van der Waals surface area contributed by atoms with Gasteiger partial charge in [0.25, 0.3) is 0 Å². The van der Waals surface area contributed by atoms with Crippen molar-refractivity contribution in [1.29, 1.82) is 0 Å². The highest BCUT2D eigenvalue weighted by Gasteiger charge is 2.20. The van der Waals surface area contributed by atoms with Crippen LogP contribution in [-0.2, 0) is 22.6 Å². The van der Waals surface area contributed by atoms with E-state index in [2.05, 4.69) is 10.3 Å². The Bertz CT molecular complexity index is 1270. The fourth-order valence-corrected chi connectivity index (χ4v) is 3.50. The number of hydrogen-bond donors (Lipinski definition) is 1. The zero-order valence-electron chi connectivity index (χ0n) is 18.2. The first-order valence-electron chi connectivity index (χ1n) is 9.88. The van der Waals surface area contributed by atoms with Crippen molar-refractivity contribution in [3.05, 3.63) is 79.0 Å². The van der Waals surface area contributed by atoms with Gasteiger partial charge < -0.3 is 14.8 Å². The third kappa shape index (κ3) is 5.74. The number of rotatable bonds is 8. The molecule has 1 N–H and O–H groups in total. The van der Waals surface area contributed by atoms with Gasteiger partial charge in [-0.3, -0.25) is 9.36 Å². The monoisotopic (exact) mass is 492 g/mol. The molecule has 174 valence electrons. The predicted molar refractivity (Wildman–Crippen MR) is 126 cm³/mol. The lowest BCUT2D eigenvalue weighted by Crippen LogP contribution is -2.44. The number of carbonyl (C=O) groups excluding carboxylic acids is 1. The zero-order chi connectivity index (χ0) is 24.1. The maximum Gasteiger partial charge on any atom is 0.354 e. The lowest BCUT2D eigenvalue weighted by atomic mass is 10.2. The molecule has 33 heavy (non-hydrogen) atoms. The molecule has 1 atom stereocenters. The minimum atomic E-state index is -0.801. The van der Waals surface area contributed by atoms with Crippen LogP contribution >= 0.6 is 23.2 Å². The van der Waals surface area contributed by atoms with E-state index in [-0.39, 0.29) is 19.0 Å². The minimum Gasteiger partial charge on any atom is -0.495 e. The predicted octanol–water partition coefficient (Wildman–Crippen LogP) is 3.32. The van der Waals surface area contributed by atoms with Crippen molar-refractivity contribution < 1.29 is 14.3 Å². The molecule has 9 nitrogen and oxygen atoms in total. The van der Waals surface area contributed by atoms with E-state index in [1.165, 1.54) is 18.8 Å². The molecule has 2 aromatic carbocycles. The van der Waals surface area contributed by atoms with Crippen LogP contribution in [0.2, 0.25) is 10.0 Å². The lowest BCUT2D eigenvalue weighted by molar-refractivity contribution is -0.145. The van der Waals surface area contributed by atoms with Gasteiger partial charge in [0, 0.05) is 17.3 Å². The van der Waals surface area contributed by atoms with E-state index in [9.17, 15) is 14.4 Å². The van der Waals surface area contributed by atoms with Crippen LogP contribution in [0.4, 0.5) is 11.6 Å². The smallest absolute Gasteiger partial charge is 0.354 e. The fourth-order valence-electron chi connectivity index (χ4n) is 3.12. The molecule has 3 rings (SSSR count). The van der Waals surface area contributed by atoms with E-state index in [0.29, 0.717) is 21.5 Å². The van der Waals surface area contributed by atoms with Crippen LogP contribution in [0.5, 0.6) is 5.75 Å². The quantitative estimate of drug-likeness (QED) is 0.480. The van der Waals surface area contributed by atoms with Crippen LogP contribution in [0.15, 0.2) is 52.1 Å². The molecule has 11 heteroatoms. The van der Waals surface area contributed by atoms with E-state index in [1.54, 1.807) is 49.4 Å². The Morgan fingerprint density at radius 1 is 1.09 bits per heavy atom. The average Bonchev–Trinajstić information content (AvgIpc) is 2.79. The van der Waals surface area contributed by atoms with Crippen molar-refractivity contribution in [3.8, 4) is 5.75 Å². The average molecular weight is 493 g/mol. The fraction of sp³-hybridized carbons (Fsp3) is 0.273. The summed E-state index contributed by atoms with van der Waals surface area (Å²) in [6.07, 6.45) is 0. The molecule has 0 aliphatic rings. The Morgan fingerprint density at radius 3 is 2.39 bits per heavy atom. The molecule has 3 aromatic rings. The van der Waals surface area contributed by atoms with Crippen molar-refractivity contribution in [2.45, 2.75) is 20.0 Å². The molecule has 0 spiro atoms. The maximum absolute atomic E-state index is 13.3. The highest BCUT2D eigenvalue weighted by Crippen LogP contribution is 2.28. The Balaban J connectivity index is 2.07. The molecule has 0 fully saturated rings. The van der Waals surface area contributed by atoms with Crippen LogP contribution in [-0.4, -0.2) is 34.3 Å². The number of ether oxygens (including phenoxy) is 2. The number of hydrogen-bond acceptors (Lipinski definition) is 7. The van der Waals surface area contributed by atoms with Gasteiger partial charge in [-0.25, -0.2) is 14.2 Å². The van der Waals surface area contributed by atoms with E-state index >= 15 is 0 Å². The van der Waals surface area contributed by atoms with Gasteiger partial charge in [0.1, 0.15) is 5.75 Å². The molecule has 1 heterocycles. The number of methoxy groups -OCH3 is 2. The lowest BCUT2D eigenvalue weighted by Gasteiger charge is -2.17. The van der Waals surface area contributed by atoms with Gasteiger partial charge in [-0.1, -0.05) is 42.3 Å². The summed E-state index contributed by atoms with van der Waals surface area (Å²) in [5.74, 6) is -0.768. The van der Waals surface area contributed by atoms with Gasteiger partial charge in [0.2, 0.25) is 5.95 Å². The van der Waals surface area contributed by atoms with Gasteiger partial charge in [-0.15, -0.1) is 0 Å². The molecular weight excluding hydrogens is 471 g/mol. The Hall–Kier alpha value is -3.30. The third-order valence-electron chi connectivity index (χ3n) is 4.87. The summed E-state index contributed by atoms with van der Waals surface area (Å²) in [5.41, 5.74) is -0.184. The van der Waals surface area contributed by atoms with Gasteiger partial charge in [0.05, 0.1) is 31.7 Å². The summed E-state index contributed by atoms with van der Waals surface area (Å²) >= 11 is 12.2. The topological polar surface area (TPSA) is 104 Å². The SMILES string of the molecule is COC(=O)[C@@H](C)Cn1c(=O)nc(Nc2ccc(OC)c(Cl)c2)n(Cc2ccc(Cl)cc2)c1=O. The number of benzene rings is 2. The summed E-state index contributed by atoms with van der Waals surface area (Å²) < 4.78 is 12.1. The molecule has 0 saturated carbocycles. The molecule has 0 bridgehead atoms. The Kier molecular flexibility index (Phi) is 7.78. The minimum absolute atomic E-state index is 0.0168. The van der Waals surface area contributed by atoms with Crippen molar-refractivity contribution in [1.82, 2.24) is 14.1 Å². The summed E-state index contributed by atoms with van der Waals surface area (Å²) in [7, 11) is 2.74. The summed E-state index contributed by atoms with van der Waals surface area (Å²) in [4.78, 5) is 41.9. The van der Waals surface area contributed by atoms with Crippen molar-refractivity contribution in [3.63, 3.8) is 0 Å². The van der Waals surface area contributed by atoms with Gasteiger partial charge in [-0.05, 0) is 35.9 Å². The molecule has 0 amide bonds. The first-order valence-corrected chi connectivity index (χ1v) is 10.6. The number of carbonyl (C=O) groups is 1. The standard InChI is InChI=1S/C22H22Cl2N4O5/c1-13(19(29)33-3)11-28-21(30)26-20(25-16-8-9-18(32-2)17(24)10-16)27(22(28)31)12-14-4-6-15(23)7-5-14/h4-10,13H,11-12H2,1-3H3,(H,25,26,30)/t13-/m0/s1. The number of nitrogens with one attached hydrogen (secondary N) is 1. The number of nitrogens with zero attached hydrogens (tertiary/aromatic N) is 3. The number of halogens is 2. The first kappa shape index (κ1) is 24.3. The highest BCUT2D eigenvalue weighted by molar-refractivity contribution is 6.32. The van der Waals surface area contributed by atoms with Gasteiger partial charge in [-0.2, -0.15) is 4.98 Å². The van der Waals surface area contributed by atoms with Crippen LogP contribution in [0.3, 0.4) is 0 Å². The molecular formula is C22H22Cl2N4O5. The van der Waals surface area contributed by atoms with Crippen molar-refractivity contribution in [2.75, 3.05) is 19.5 Å². The largest absolute Gasteiger partial charge is 0.495 e. The van der Waals surface area contributed by atoms with E-state index in [0.717, 1.165) is 10.1 Å². The van der Waals surface area contributed by atoms with E-state index in [1.807, 2.05) is 0 Å². The van der Waals surface area contributed by atoms with Crippen LogP contribution in [0.1, 0.15) is 12.5 Å². The molecule has 0 aliphatic heterocycles. The van der Waals surface area contributed by atoms with Crippen molar-refractivity contribution in [2.24, 2.45) is 5.92 Å². The molecule has 1 aromatic heterocycles. The zero-order valence-corrected chi connectivity index (χ0v) is 19.7. The highest BCUT2D eigenvalue weighted by atomic mass is 35.5. The van der Waals surface area contributed by atoms with Gasteiger partial charge >= 0.3 is 17.3 Å². The Morgan fingerprint density at radius 2 is 1.79 bits per heavy atom. The number of esters is 1. The molecule has 0 aliphatic carbocycles. The summed E-state index contributed by atoms with van der Waals surface area (Å²) in [6, 6.07) is 11.8.